The maximum absolute atomic E-state index is 11.7. The van der Waals surface area contributed by atoms with Crippen molar-refractivity contribution in [2.24, 2.45) is 0 Å². The molecule has 0 aliphatic rings. The fourth-order valence-corrected chi connectivity index (χ4v) is 3.28. The second-order valence-corrected chi connectivity index (χ2v) is 7.37. The molecule has 0 atom stereocenters. The number of hydrogen-bond acceptors (Lipinski definition) is 6. The van der Waals surface area contributed by atoms with Crippen LogP contribution in [0.25, 0.3) is 0 Å². The first-order valence-electron chi connectivity index (χ1n) is 6.51. The van der Waals surface area contributed by atoms with Gasteiger partial charge in [-0.25, -0.2) is 4.68 Å². The van der Waals surface area contributed by atoms with Crippen molar-refractivity contribution in [3.63, 3.8) is 0 Å². The van der Waals surface area contributed by atoms with E-state index in [-0.39, 0.29) is 11.7 Å². The zero-order chi connectivity index (χ0) is 15.9. The minimum atomic E-state index is -0.0398. The summed E-state index contributed by atoms with van der Waals surface area (Å²) in [5.74, 6) is 7.40. The highest BCUT2D eigenvalue weighted by Gasteiger charge is 2.09. The van der Waals surface area contributed by atoms with E-state index >= 15 is 0 Å². The number of halogens is 1. The van der Waals surface area contributed by atoms with Gasteiger partial charge in [0.05, 0.1) is 5.75 Å². The Labute approximate surface area is 145 Å². The Hall–Kier alpha value is -1.19. The Morgan fingerprint density at radius 3 is 2.68 bits per heavy atom. The first kappa shape index (κ1) is 17.2. The SMILES string of the molecule is Cc1nnc(SCC(=O)NCCSc2ccc(Br)cc2)n1N. The van der Waals surface area contributed by atoms with E-state index in [0.29, 0.717) is 17.5 Å². The number of aromatic nitrogens is 3. The molecular weight excluding hydrogens is 386 g/mol. The fraction of sp³-hybridized carbons (Fsp3) is 0.308. The maximum Gasteiger partial charge on any atom is 0.230 e. The van der Waals surface area contributed by atoms with Crippen LogP contribution in [0.1, 0.15) is 5.82 Å². The number of benzene rings is 1. The number of amides is 1. The number of carbonyl (C=O) groups excluding carboxylic acids is 1. The standard InChI is InChI=1S/C13H16BrN5OS2/c1-9-17-18-13(19(9)15)22-8-12(20)16-6-7-21-11-4-2-10(14)3-5-11/h2-5H,6-8,15H2,1H3,(H,16,20). The summed E-state index contributed by atoms with van der Waals surface area (Å²) in [6, 6.07) is 8.09. The summed E-state index contributed by atoms with van der Waals surface area (Å²) in [7, 11) is 0. The Morgan fingerprint density at radius 2 is 2.05 bits per heavy atom. The first-order valence-corrected chi connectivity index (χ1v) is 9.27. The van der Waals surface area contributed by atoms with Gasteiger partial charge in [0.25, 0.3) is 0 Å². The van der Waals surface area contributed by atoms with Crippen LogP contribution in [0.4, 0.5) is 0 Å². The van der Waals surface area contributed by atoms with Crippen molar-refractivity contribution < 1.29 is 4.79 Å². The van der Waals surface area contributed by atoms with Crippen molar-refractivity contribution >= 4 is 45.4 Å². The molecule has 22 heavy (non-hydrogen) atoms. The van der Waals surface area contributed by atoms with Crippen LogP contribution in [-0.2, 0) is 4.79 Å². The monoisotopic (exact) mass is 401 g/mol. The average molecular weight is 402 g/mol. The van der Waals surface area contributed by atoms with E-state index in [1.165, 1.54) is 21.3 Å². The Kier molecular flexibility index (Phi) is 6.59. The van der Waals surface area contributed by atoms with E-state index in [2.05, 4.69) is 31.4 Å². The lowest BCUT2D eigenvalue weighted by Crippen LogP contribution is -2.27. The summed E-state index contributed by atoms with van der Waals surface area (Å²) in [6.45, 7) is 2.38. The molecule has 1 heterocycles. The molecule has 3 N–H and O–H groups in total. The van der Waals surface area contributed by atoms with Crippen molar-refractivity contribution in [3.05, 3.63) is 34.6 Å². The van der Waals surface area contributed by atoms with Gasteiger partial charge in [0.1, 0.15) is 5.82 Å². The lowest BCUT2D eigenvalue weighted by molar-refractivity contribution is -0.118. The van der Waals surface area contributed by atoms with E-state index in [4.69, 9.17) is 5.84 Å². The number of nitrogens with zero attached hydrogens (tertiary/aromatic N) is 3. The number of carbonyl (C=O) groups is 1. The predicted octanol–water partition coefficient (Wildman–Crippen LogP) is 2.06. The van der Waals surface area contributed by atoms with Crippen molar-refractivity contribution in [2.45, 2.75) is 17.0 Å². The Bertz CT molecular complexity index is 632. The molecule has 2 rings (SSSR count). The highest BCUT2D eigenvalue weighted by molar-refractivity contribution is 9.10. The zero-order valence-electron chi connectivity index (χ0n) is 12.0. The summed E-state index contributed by atoms with van der Waals surface area (Å²) in [6.07, 6.45) is 0. The van der Waals surface area contributed by atoms with Crippen LogP contribution in [-0.4, -0.2) is 38.8 Å². The van der Waals surface area contributed by atoms with Crippen LogP contribution >= 0.6 is 39.5 Å². The molecule has 9 heteroatoms. The first-order chi connectivity index (χ1) is 10.6. The molecule has 1 aromatic carbocycles. The molecule has 1 aromatic heterocycles. The Morgan fingerprint density at radius 1 is 1.32 bits per heavy atom. The van der Waals surface area contributed by atoms with Crippen LogP contribution in [0.15, 0.2) is 38.8 Å². The highest BCUT2D eigenvalue weighted by Crippen LogP contribution is 2.20. The molecule has 0 fully saturated rings. The van der Waals surface area contributed by atoms with E-state index in [0.717, 1.165) is 10.2 Å². The molecule has 0 aliphatic carbocycles. The lowest BCUT2D eigenvalue weighted by Gasteiger charge is -2.05. The van der Waals surface area contributed by atoms with Gasteiger partial charge in [-0.3, -0.25) is 4.79 Å². The van der Waals surface area contributed by atoms with Gasteiger partial charge in [-0.1, -0.05) is 27.7 Å². The van der Waals surface area contributed by atoms with Crippen molar-refractivity contribution in [1.82, 2.24) is 20.2 Å². The minimum absolute atomic E-state index is 0.0398. The number of nitrogens with one attached hydrogen (secondary N) is 1. The lowest BCUT2D eigenvalue weighted by atomic mass is 10.4. The third-order valence-electron chi connectivity index (χ3n) is 2.67. The summed E-state index contributed by atoms with van der Waals surface area (Å²) in [5.41, 5.74) is 0. The molecule has 0 unspecified atom stereocenters. The van der Waals surface area contributed by atoms with Crippen LogP contribution in [0.3, 0.4) is 0 Å². The topological polar surface area (TPSA) is 85.8 Å². The number of rotatable bonds is 7. The number of hydrogen-bond donors (Lipinski definition) is 2. The van der Waals surface area contributed by atoms with Gasteiger partial charge in [-0.15, -0.1) is 22.0 Å². The van der Waals surface area contributed by atoms with Crippen LogP contribution in [0.2, 0.25) is 0 Å². The molecule has 0 aliphatic heterocycles. The molecule has 0 radical (unpaired) electrons. The molecule has 0 spiro atoms. The molecule has 1 amide bonds. The third kappa shape index (κ3) is 5.22. The molecular formula is C13H16BrN5OS2. The smallest absolute Gasteiger partial charge is 0.230 e. The maximum atomic E-state index is 11.7. The number of thioether (sulfide) groups is 2. The van der Waals surface area contributed by atoms with Crippen LogP contribution in [0.5, 0.6) is 0 Å². The number of aryl methyl sites for hydroxylation is 1. The van der Waals surface area contributed by atoms with Gasteiger partial charge >= 0.3 is 0 Å². The second-order valence-electron chi connectivity index (χ2n) is 4.34. The molecule has 2 aromatic rings. The Balaban J connectivity index is 1.63. The highest BCUT2D eigenvalue weighted by atomic mass is 79.9. The second kappa shape index (κ2) is 8.44. The minimum Gasteiger partial charge on any atom is -0.355 e. The van der Waals surface area contributed by atoms with Gasteiger partial charge in [0, 0.05) is 21.7 Å². The van der Waals surface area contributed by atoms with Gasteiger partial charge in [0.15, 0.2) is 0 Å². The van der Waals surface area contributed by atoms with Gasteiger partial charge in [0.2, 0.25) is 11.1 Å². The summed E-state index contributed by atoms with van der Waals surface area (Å²) >= 11 is 6.38. The van der Waals surface area contributed by atoms with Gasteiger partial charge in [-0.05, 0) is 31.2 Å². The van der Waals surface area contributed by atoms with Crippen molar-refractivity contribution in [2.75, 3.05) is 23.9 Å². The summed E-state index contributed by atoms with van der Waals surface area (Å²) in [5, 5.41) is 11.1. The van der Waals surface area contributed by atoms with Gasteiger partial charge in [-0.2, -0.15) is 0 Å². The largest absolute Gasteiger partial charge is 0.355 e. The van der Waals surface area contributed by atoms with E-state index in [9.17, 15) is 4.79 Å². The molecule has 0 saturated carbocycles. The van der Waals surface area contributed by atoms with E-state index < -0.39 is 0 Å². The molecule has 0 bridgehead atoms. The van der Waals surface area contributed by atoms with Crippen molar-refractivity contribution in [1.29, 1.82) is 0 Å². The van der Waals surface area contributed by atoms with E-state index in [1.54, 1.807) is 18.7 Å². The number of nitrogen functional groups attached to an aromatic ring is 1. The fourth-order valence-electron chi connectivity index (χ4n) is 1.52. The van der Waals surface area contributed by atoms with Crippen molar-refractivity contribution in [3.8, 4) is 0 Å². The van der Waals surface area contributed by atoms with Crippen LogP contribution in [0, 0.1) is 6.92 Å². The zero-order valence-corrected chi connectivity index (χ0v) is 15.2. The quantitative estimate of drug-likeness (QED) is 0.419. The summed E-state index contributed by atoms with van der Waals surface area (Å²) in [4.78, 5) is 12.9. The number of nitrogens with two attached hydrogens (primary N) is 1. The summed E-state index contributed by atoms with van der Waals surface area (Å²) < 4.78 is 2.44. The third-order valence-corrected chi connectivity index (χ3v) is 5.16. The molecule has 118 valence electrons. The van der Waals surface area contributed by atoms with Crippen LogP contribution < -0.4 is 11.2 Å². The van der Waals surface area contributed by atoms with E-state index in [1.807, 2.05) is 24.3 Å². The molecule has 6 nitrogen and oxygen atoms in total. The molecule has 0 saturated heterocycles. The predicted molar refractivity (Wildman–Crippen MR) is 93.5 cm³/mol. The van der Waals surface area contributed by atoms with Gasteiger partial charge < -0.3 is 11.2 Å². The average Bonchev–Trinajstić information content (AvgIpc) is 2.83. The normalized spacial score (nSPS) is 10.6.